The predicted molar refractivity (Wildman–Crippen MR) is 73.9 cm³/mol. The number of ether oxygens (including phenoxy) is 2. The third kappa shape index (κ3) is 3.28. The van der Waals surface area contributed by atoms with E-state index in [1.54, 1.807) is 24.3 Å². The van der Waals surface area contributed by atoms with Gasteiger partial charge in [-0.3, -0.25) is 4.79 Å². The SMILES string of the molecule is COc1cccc(NC(=O)c2cc(F)c(F)cc2OC)c1. The zero-order chi connectivity index (χ0) is 15.4. The Labute approximate surface area is 120 Å². The highest BCUT2D eigenvalue weighted by molar-refractivity contribution is 6.06. The van der Waals surface area contributed by atoms with Crippen molar-refractivity contribution < 1.29 is 23.0 Å². The van der Waals surface area contributed by atoms with Crippen LogP contribution in [0.25, 0.3) is 0 Å². The van der Waals surface area contributed by atoms with Crippen molar-refractivity contribution in [1.82, 2.24) is 0 Å². The molecule has 6 heteroatoms. The molecule has 2 aromatic carbocycles. The van der Waals surface area contributed by atoms with Crippen LogP contribution in [0.2, 0.25) is 0 Å². The molecule has 0 aliphatic rings. The second-order valence-corrected chi connectivity index (χ2v) is 4.15. The van der Waals surface area contributed by atoms with Gasteiger partial charge in [0.15, 0.2) is 11.6 Å². The Hall–Kier alpha value is -2.63. The number of halogens is 2. The van der Waals surface area contributed by atoms with Gasteiger partial charge in [0.2, 0.25) is 0 Å². The van der Waals surface area contributed by atoms with Gasteiger partial charge in [0.25, 0.3) is 5.91 Å². The van der Waals surface area contributed by atoms with Crippen LogP contribution in [0.1, 0.15) is 10.4 Å². The zero-order valence-corrected chi connectivity index (χ0v) is 11.4. The van der Waals surface area contributed by atoms with Crippen LogP contribution in [0.5, 0.6) is 11.5 Å². The Morgan fingerprint density at radius 2 is 1.76 bits per heavy atom. The molecule has 0 fully saturated rings. The molecule has 0 aliphatic carbocycles. The molecule has 21 heavy (non-hydrogen) atoms. The van der Waals surface area contributed by atoms with Crippen LogP contribution in [0.3, 0.4) is 0 Å². The molecule has 4 nitrogen and oxygen atoms in total. The molecule has 1 N–H and O–H groups in total. The number of carbonyl (C=O) groups excluding carboxylic acids is 1. The molecular weight excluding hydrogens is 280 g/mol. The number of rotatable bonds is 4. The van der Waals surface area contributed by atoms with Crippen molar-refractivity contribution in [2.24, 2.45) is 0 Å². The van der Waals surface area contributed by atoms with Gasteiger partial charge in [-0.25, -0.2) is 8.78 Å². The van der Waals surface area contributed by atoms with Crippen molar-refractivity contribution in [2.45, 2.75) is 0 Å². The third-order valence-electron chi connectivity index (χ3n) is 2.81. The first kappa shape index (κ1) is 14.8. The average molecular weight is 293 g/mol. The number of amides is 1. The van der Waals surface area contributed by atoms with Crippen molar-refractivity contribution >= 4 is 11.6 Å². The maximum Gasteiger partial charge on any atom is 0.259 e. The molecule has 0 aliphatic heterocycles. The van der Waals surface area contributed by atoms with E-state index in [4.69, 9.17) is 9.47 Å². The molecule has 0 heterocycles. The van der Waals surface area contributed by atoms with Crippen LogP contribution in [-0.4, -0.2) is 20.1 Å². The quantitative estimate of drug-likeness (QED) is 0.941. The number of anilines is 1. The van der Waals surface area contributed by atoms with Crippen LogP contribution in [0.4, 0.5) is 14.5 Å². The summed E-state index contributed by atoms with van der Waals surface area (Å²) in [7, 11) is 2.77. The minimum Gasteiger partial charge on any atom is -0.497 e. The van der Waals surface area contributed by atoms with Gasteiger partial charge in [-0.1, -0.05) is 6.07 Å². The summed E-state index contributed by atoms with van der Waals surface area (Å²) in [6.07, 6.45) is 0. The minimum atomic E-state index is -1.12. The molecule has 0 unspecified atom stereocenters. The van der Waals surface area contributed by atoms with Gasteiger partial charge in [-0.05, 0) is 18.2 Å². The molecule has 2 rings (SSSR count). The summed E-state index contributed by atoms with van der Waals surface area (Å²) in [6, 6.07) is 8.28. The topological polar surface area (TPSA) is 47.6 Å². The lowest BCUT2D eigenvalue weighted by atomic mass is 10.1. The number of hydrogen-bond donors (Lipinski definition) is 1. The monoisotopic (exact) mass is 293 g/mol. The van der Waals surface area contributed by atoms with E-state index in [0.717, 1.165) is 12.1 Å². The summed E-state index contributed by atoms with van der Waals surface area (Å²) in [4.78, 5) is 12.1. The summed E-state index contributed by atoms with van der Waals surface area (Å²) in [5, 5.41) is 2.57. The van der Waals surface area contributed by atoms with E-state index in [0.29, 0.717) is 11.4 Å². The summed E-state index contributed by atoms with van der Waals surface area (Å²) in [5.41, 5.74) is 0.366. The van der Waals surface area contributed by atoms with Gasteiger partial charge in [0.1, 0.15) is 11.5 Å². The Bertz CT molecular complexity index is 674. The zero-order valence-electron chi connectivity index (χ0n) is 11.4. The van der Waals surface area contributed by atoms with Crippen LogP contribution < -0.4 is 14.8 Å². The summed E-state index contributed by atoms with van der Waals surface area (Å²) >= 11 is 0. The predicted octanol–water partition coefficient (Wildman–Crippen LogP) is 3.23. The molecule has 2 aromatic rings. The van der Waals surface area contributed by atoms with Gasteiger partial charge < -0.3 is 14.8 Å². The molecule has 110 valence electrons. The number of benzene rings is 2. The fraction of sp³-hybridized carbons (Fsp3) is 0.133. The van der Waals surface area contributed by atoms with E-state index in [1.165, 1.54) is 14.2 Å². The number of nitrogens with one attached hydrogen (secondary N) is 1. The van der Waals surface area contributed by atoms with E-state index in [9.17, 15) is 13.6 Å². The van der Waals surface area contributed by atoms with Gasteiger partial charge in [-0.2, -0.15) is 0 Å². The Kier molecular flexibility index (Phi) is 4.37. The highest BCUT2D eigenvalue weighted by Gasteiger charge is 2.17. The smallest absolute Gasteiger partial charge is 0.259 e. The normalized spacial score (nSPS) is 10.1. The first-order valence-electron chi connectivity index (χ1n) is 6.03. The summed E-state index contributed by atoms with van der Waals surface area (Å²) in [5.74, 6) is -2.30. The highest BCUT2D eigenvalue weighted by atomic mass is 19.2. The number of carbonyl (C=O) groups is 1. The molecule has 0 spiro atoms. The van der Waals surface area contributed by atoms with Gasteiger partial charge >= 0.3 is 0 Å². The van der Waals surface area contributed by atoms with Crippen LogP contribution in [-0.2, 0) is 0 Å². The fourth-order valence-electron chi connectivity index (χ4n) is 1.77. The van der Waals surface area contributed by atoms with Gasteiger partial charge in [-0.15, -0.1) is 0 Å². The lowest BCUT2D eigenvalue weighted by Gasteiger charge is -2.10. The molecule has 0 atom stereocenters. The maximum atomic E-state index is 13.3. The first-order valence-corrected chi connectivity index (χ1v) is 6.03. The van der Waals surface area contributed by atoms with Crippen molar-refractivity contribution in [3.8, 4) is 11.5 Å². The average Bonchev–Trinajstić information content (AvgIpc) is 2.49. The molecule has 0 aromatic heterocycles. The van der Waals surface area contributed by atoms with Crippen molar-refractivity contribution in [1.29, 1.82) is 0 Å². The third-order valence-corrected chi connectivity index (χ3v) is 2.81. The lowest BCUT2D eigenvalue weighted by molar-refractivity contribution is 0.102. The van der Waals surface area contributed by atoms with Gasteiger partial charge in [0, 0.05) is 17.8 Å². The van der Waals surface area contributed by atoms with E-state index < -0.39 is 17.5 Å². The Balaban J connectivity index is 2.29. The molecule has 1 amide bonds. The Morgan fingerprint density at radius 1 is 1.05 bits per heavy atom. The Morgan fingerprint density at radius 3 is 2.43 bits per heavy atom. The van der Waals surface area contributed by atoms with Crippen LogP contribution >= 0.6 is 0 Å². The van der Waals surface area contributed by atoms with Crippen molar-refractivity contribution in [3.63, 3.8) is 0 Å². The van der Waals surface area contributed by atoms with Crippen LogP contribution in [0.15, 0.2) is 36.4 Å². The van der Waals surface area contributed by atoms with Gasteiger partial charge in [0.05, 0.1) is 19.8 Å². The molecular formula is C15H13F2NO3. The lowest BCUT2D eigenvalue weighted by Crippen LogP contribution is -2.14. The molecule has 0 radical (unpaired) electrons. The number of hydrogen-bond acceptors (Lipinski definition) is 3. The second kappa shape index (κ2) is 6.21. The van der Waals surface area contributed by atoms with Crippen LogP contribution in [0, 0.1) is 11.6 Å². The minimum absolute atomic E-state index is 0.0469. The fourth-order valence-corrected chi connectivity index (χ4v) is 1.77. The number of methoxy groups -OCH3 is 2. The van der Waals surface area contributed by atoms with E-state index in [2.05, 4.69) is 5.32 Å². The molecule has 0 saturated heterocycles. The van der Waals surface area contributed by atoms with E-state index >= 15 is 0 Å². The standard InChI is InChI=1S/C15H13F2NO3/c1-20-10-5-3-4-9(6-10)18-15(19)11-7-12(16)13(17)8-14(11)21-2/h3-8H,1-2H3,(H,18,19). The van der Waals surface area contributed by atoms with Crippen molar-refractivity contribution in [2.75, 3.05) is 19.5 Å². The molecule has 0 saturated carbocycles. The summed E-state index contributed by atoms with van der Waals surface area (Å²) < 4.78 is 36.3. The van der Waals surface area contributed by atoms with E-state index in [-0.39, 0.29) is 11.3 Å². The molecule has 0 bridgehead atoms. The van der Waals surface area contributed by atoms with E-state index in [1.807, 2.05) is 0 Å². The second-order valence-electron chi connectivity index (χ2n) is 4.15. The summed E-state index contributed by atoms with van der Waals surface area (Å²) in [6.45, 7) is 0. The van der Waals surface area contributed by atoms with Crippen molar-refractivity contribution in [3.05, 3.63) is 53.6 Å². The first-order chi connectivity index (χ1) is 10.0. The maximum absolute atomic E-state index is 13.3. The largest absolute Gasteiger partial charge is 0.497 e. The highest BCUT2D eigenvalue weighted by Crippen LogP contribution is 2.24.